The second-order valence-electron chi connectivity index (χ2n) is 9.08. The highest BCUT2D eigenvalue weighted by molar-refractivity contribution is 6.00. The minimum Gasteiger partial charge on any atom is -0.462 e. The summed E-state index contributed by atoms with van der Waals surface area (Å²) in [7, 11) is 0. The predicted octanol–water partition coefficient (Wildman–Crippen LogP) is 2.96. The Morgan fingerprint density at radius 1 is 1.21 bits per heavy atom. The summed E-state index contributed by atoms with van der Waals surface area (Å²) in [6, 6.07) is 10.3. The van der Waals surface area contributed by atoms with Crippen LogP contribution in [0.3, 0.4) is 0 Å². The number of nitrogens with zero attached hydrogens (tertiary/aromatic N) is 5. The largest absolute Gasteiger partial charge is 0.462 e. The summed E-state index contributed by atoms with van der Waals surface area (Å²) in [6.45, 7) is 4.16. The van der Waals surface area contributed by atoms with Gasteiger partial charge in [-0.1, -0.05) is 18.2 Å². The van der Waals surface area contributed by atoms with E-state index in [1.807, 2.05) is 13.0 Å². The van der Waals surface area contributed by atoms with Crippen molar-refractivity contribution in [2.24, 2.45) is 4.99 Å². The van der Waals surface area contributed by atoms with Crippen molar-refractivity contribution < 1.29 is 24.0 Å². The summed E-state index contributed by atoms with van der Waals surface area (Å²) >= 11 is 0. The smallest absolute Gasteiger partial charge is 0.341 e. The van der Waals surface area contributed by atoms with Gasteiger partial charge in [-0.15, -0.1) is 0 Å². The first kappa shape index (κ1) is 25.9. The van der Waals surface area contributed by atoms with Crippen LogP contribution >= 0.6 is 0 Å². The molecule has 0 aliphatic carbocycles. The molecule has 4 aromatic rings. The summed E-state index contributed by atoms with van der Waals surface area (Å²) < 4.78 is 14.0. The van der Waals surface area contributed by atoms with Crippen molar-refractivity contribution in [2.75, 3.05) is 13.2 Å². The average Bonchev–Trinajstić information content (AvgIpc) is 3.44. The topological polar surface area (TPSA) is 147 Å². The Bertz CT molecular complexity index is 1770. The molecule has 1 aromatic carbocycles. The fourth-order valence-corrected chi connectivity index (χ4v) is 4.70. The van der Waals surface area contributed by atoms with E-state index in [2.05, 4.69) is 4.99 Å². The molecule has 1 atom stereocenters. The molecule has 0 spiro atoms. The minimum absolute atomic E-state index is 0.0360. The Morgan fingerprint density at radius 3 is 2.72 bits per heavy atom. The van der Waals surface area contributed by atoms with Gasteiger partial charge in [0.2, 0.25) is 0 Å². The lowest BCUT2D eigenvalue weighted by Crippen LogP contribution is -2.35. The average molecular weight is 532 g/mol. The number of amides is 1. The van der Waals surface area contributed by atoms with Gasteiger partial charge in [-0.3, -0.25) is 24.1 Å². The van der Waals surface area contributed by atoms with Crippen molar-refractivity contribution >= 4 is 34.2 Å². The molecule has 3 aromatic heterocycles. The number of nitro benzene ring substituents is 1. The maximum atomic E-state index is 13.6. The zero-order valence-corrected chi connectivity index (χ0v) is 21.3. The maximum absolute atomic E-state index is 13.6. The molecular weight excluding hydrogens is 506 g/mol. The third-order valence-electron chi connectivity index (χ3n) is 6.55. The first-order valence-corrected chi connectivity index (χ1v) is 12.5. The van der Waals surface area contributed by atoms with Crippen LogP contribution in [0.15, 0.2) is 58.4 Å². The van der Waals surface area contributed by atoms with Gasteiger partial charge < -0.3 is 14.0 Å². The van der Waals surface area contributed by atoms with Crippen LogP contribution in [-0.2, 0) is 16.0 Å². The van der Waals surface area contributed by atoms with E-state index < -0.39 is 28.0 Å². The quantitative estimate of drug-likeness (QED) is 0.160. The molecule has 0 N–H and O–H groups in total. The standard InChI is InChI=1S/C27H25N5O7/c1-3-38-27(35)20-14-19-23(28-22-16(2)8-6-12-30(22)26(19)34)31(15-17-9-7-13-39-17)24(20)29-25(33)18-10-4-5-11-21(18)32(36)37/h4-6,8,10-12,14,17H,3,7,9,13,15H2,1-2H3/t17-/m0/s1. The minimum atomic E-state index is -0.929. The first-order valence-electron chi connectivity index (χ1n) is 12.5. The molecule has 39 heavy (non-hydrogen) atoms. The Labute approximate surface area is 221 Å². The molecule has 4 heterocycles. The van der Waals surface area contributed by atoms with Crippen LogP contribution in [-0.4, -0.2) is 50.1 Å². The third kappa shape index (κ3) is 4.81. The van der Waals surface area contributed by atoms with Crippen LogP contribution in [0.2, 0.25) is 0 Å². The maximum Gasteiger partial charge on any atom is 0.341 e. The molecule has 0 radical (unpaired) electrons. The van der Waals surface area contributed by atoms with Crippen LogP contribution in [0.4, 0.5) is 5.69 Å². The van der Waals surface area contributed by atoms with E-state index in [1.165, 1.54) is 39.3 Å². The van der Waals surface area contributed by atoms with Crippen molar-refractivity contribution in [2.45, 2.75) is 39.3 Å². The fraction of sp³-hybridized carbons (Fsp3) is 0.296. The van der Waals surface area contributed by atoms with Crippen LogP contribution in [0, 0.1) is 17.0 Å². The number of hydrogen-bond donors (Lipinski definition) is 0. The molecule has 0 bridgehead atoms. The normalized spacial score (nSPS) is 15.6. The SMILES string of the molecule is CCOC(=O)c1cc2c(=O)n3cccc(C)c3nc2n(C[C@@H]2CCCO2)c1=NC(=O)c1ccccc1[N+](=O)[O-]. The molecule has 200 valence electrons. The molecule has 0 saturated carbocycles. The number of para-hydroxylation sites is 1. The number of aryl methyl sites for hydroxylation is 1. The first-order chi connectivity index (χ1) is 18.8. The van der Waals surface area contributed by atoms with E-state index in [-0.39, 0.29) is 46.9 Å². The van der Waals surface area contributed by atoms with Crippen LogP contribution in [0.1, 0.15) is 46.0 Å². The number of aromatic nitrogens is 3. The Hall–Kier alpha value is -4.71. The number of hydrogen-bond acceptors (Lipinski definition) is 8. The van der Waals surface area contributed by atoms with Gasteiger partial charge in [-0.05, 0) is 50.5 Å². The number of fused-ring (bicyclic) bond motifs is 2. The number of nitro groups is 1. The highest BCUT2D eigenvalue weighted by Crippen LogP contribution is 2.20. The summed E-state index contributed by atoms with van der Waals surface area (Å²) in [6.07, 6.45) is 2.83. The fourth-order valence-electron chi connectivity index (χ4n) is 4.70. The highest BCUT2D eigenvalue weighted by atomic mass is 16.6. The number of carbonyl (C=O) groups excluding carboxylic acids is 2. The predicted molar refractivity (Wildman–Crippen MR) is 140 cm³/mol. The Kier molecular flexibility index (Phi) is 7.03. The monoisotopic (exact) mass is 531 g/mol. The van der Waals surface area contributed by atoms with Gasteiger partial charge in [0.25, 0.3) is 17.2 Å². The molecule has 1 aliphatic heterocycles. The van der Waals surface area contributed by atoms with Gasteiger partial charge in [0.1, 0.15) is 22.4 Å². The molecular formula is C27H25N5O7. The second kappa shape index (κ2) is 10.6. The number of rotatable bonds is 6. The van der Waals surface area contributed by atoms with Gasteiger partial charge in [-0.2, -0.15) is 4.99 Å². The number of carbonyl (C=O) groups is 2. The molecule has 12 heteroatoms. The van der Waals surface area contributed by atoms with Crippen LogP contribution in [0.25, 0.3) is 16.7 Å². The third-order valence-corrected chi connectivity index (χ3v) is 6.55. The van der Waals surface area contributed by atoms with E-state index in [0.29, 0.717) is 18.7 Å². The number of esters is 1. The summed E-state index contributed by atoms with van der Waals surface area (Å²) in [4.78, 5) is 60.0. The second-order valence-corrected chi connectivity index (χ2v) is 9.08. The van der Waals surface area contributed by atoms with E-state index in [9.17, 15) is 24.5 Å². The Balaban J connectivity index is 1.89. The van der Waals surface area contributed by atoms with Crippen molar-refractivity contribution in [1.82, 2.24) is 14.0 Å². The number of pyridine rings is 2. The van der Waals surface area contributed by atoms with Gasteiger partial charge >= 0.3 is 5.97 Å². The zero-order valence-electron chi connectivity index (χ0n) is 21.3. The molecule has 12 nitrogen and oxygen atoms in total. The van der Waals surface area contributed by atoms with Gasteiger partial charge in [0, 0.05) is 18.9 Å². The van der Waals surface area contributed by atoms with E-state index in [1.54, 1.807) is 19.2 Å². The van der Waals surface area contributed by atoms with Crippen molar-refractivity contribution in [3.8, 4) is 0 Å². The lowest BCUT2D eigenvalue weighted by Gasteiger charge is -2.18. The molecule has 1 aliphatic rings. The Morgan fingerprint density at radius 2 is 2.00 bits per heavy atom. The molecule has 1 fully saturated rings. The number of ether oxygens (including phenoxy) is 2. The summed E-state index contributed by atoms with van der Waals surface area (Å²) in [5.74, 6) is -1.73. The summed E-state index contributed by atoms with van der Waals surface area (Å²) in [5, 5.41) is 11.7. The lowest BCUT2D eigenvalue weighted by atomic mass is 10.1. The van der Waals surface area contributed by atoms with Gasteiger partial charge in [0.15, 0.2) is 5.49 Å². The number of benzene rings is 1. The zero-order chi connectivity index (χ0) is 27.7. The molecule has 0 unspecified atom stereocenters. The van der Waals surface area contributed by atoms with E-state index in [0.717, 1.165) is 12.0 Å². The van der Waals surface area contributed by atoms with Crippen LogP contribution < -0.4 is 11.0 Å². The van der Waals surface area contributed by atoms with Gasteiger partial charge in [-0.25, -0.2) is 9.78 Å². The van der Waals surface area contributed by atoms with Crippen molar-refractivity contribution in [3.63, 3.8) is 0 Å². The van der Waals surface area contributed by atoms with Gasteiger partial charge in [0.05, 0.1) is 29.6 Å². The van der Waals surface area contributed by atoms with Crippen molar-refractivity contribution in [3.05, 3.63) is 91.3 Å². The van der Waals surface area contributed by atoms with Crippen molar-refractivity contribution in [1.29, 1.82) is 0 Å². The van der Waals surface area contributed by atoms with Crippen LogP contribution in [0.5, 0.6) is 0 Å². The van der Waals surface area contributed by atoms with E-state index in [4.69, 9.17) is 14.5 Å². The molecule has 1 saturated heterocycles. The molecule has 5 rings (SSSR count). The summed E-state index contributed by atoms with van der Waals surface area (Å²) in [5.41, 5.74) is -0.00371. The molecule has 1 amide bonds. The lowest BCUT2D eigenvalue weighted by molar-refractivity contribution is -0.385. The van der Waals surface area contributed by atoms with E-state index >= 15 is 0 Å². The highest BCUT2D eigenvalue weighted by Gasteiger charge is 2.25.